The van der Waals surface area contributed by atoms with E-state index in [-0.39, 0.29) is 0 Å². The number of aryl methyl sites for hydroxylation is 2. The van der Waals surface area contributed by atoms with Crippen LogP contribution >= 0.6 is 0 Å². The maximum atomic E-state index is 10.1. The molecule has 178 valence electrons. The van der Waals surface area contributed by atoms with Crippen molar-refractivity contribution in [2.24, 2.45) is 0 Å². The molecular weight excluding hydrogens is 464 g/mol. The largest absolute Gasteiger partial charge is 0.192 e. The first-order valence-corrected chi connectivity index (χ1v) is 15.5. The SMILES string of the molecule is Cc1cccc(C2=C(c3ccccc3C#N)[Si](C)(C)C(c3ccccc3C#N)=C2c2cccc(C)c2)c1. The zero-order valence-electron chi connectivity index (χ0n) is 21.6. The highest BCUT2D eigenvalue weighted by molar-refractivity contribution is 7.13. The van der Waals surface area contributed by atoms with E-state index in [9.17, 15) is 10.5 Å². The van der Waals surface area contributed by atoms with E-state index in [1.165, 1.54) is 32.7 Å². The number of nitrogens with zero attached hydrogens (tertiary/aromatic N) is 2. The summed E-state index contributed by atoms with van der Waals surface area (Å²) >= 11 is 0. The first kappa shape index (κ1) is 24.3. The molecule has 0 aliphatic carbocycles. The highest BCUT2D eigenvalue weighted by Gasteiger charge is 2.45. The molecule has 0 bridgehead atoms. The molecule has 37 heavy (non-hydrogen) atoms. The van der Waals surface area contributed by atoms with Crippen LogP contribution in [0.15, 0.2) is 97.1 Å². The van der Waals surface area contributed by atoms with Crippen LogP contribution in [0.2, 0.25) is 13.1 Å². The van der Waals surface area contributed by atoms with Crippen molar-refractivity contribution in [2.45, 2.75) is 26.9 Å². The van der Waals surface area contributed by atoms with Gasteiger partial charge in [-0.3, -0.25) is 0 Å². The standard InChI is InChI=1S/C34H28N2Si/c1-23-11-9-15-25(19-23)31-32(26-16-10-12-24(2)20-26)34(30-18-8-6-14-28(30)22-36)37(3,4)33(31)29-17-7-5-13-27(29)21-35/h5-20H,1-4H3. The van der Waals surface area contributed by atoms with Gasteiger partial charge in [0, 0.05) is 0 Å². The van der Waals surface area contributed by atoms with E-state index in [2.05, 4.69) is 99.7 Å². The Hall–Kier alpha value is -4.44. The maximum Gasteiger partial charge on any atom is 0.115 e. The van der Waals surface area contributed by atoms with Crippen LogP contribution < -0.4 is 0 Å². The summed E-state index contributed by atoms with van der Waals surface area (Å²) in [6.07, 6.45) is 0. The number of hydrogen-bond acceptors (Lipinski definition) is 2. The van der Waals surface area contributed by atoms with Gasteiger partial charge >= 0.3 is 0 Å². The van der Waals surface area contributed by atoms with Crippen LogP contribution in [0.3, 0.4) is 0 Å². The minimum atomic E-state index is -2.45. The summed E-state index contributed by atoms with van der Waals surface area (Å²) < 4.78 is 0. The molecule has 2 nitrogen and oxygen atoms in total. The molecule has 1 heterocycles. The van der Waals surface area contributed by atoms with Crippen molar-refractivity contribution >= 4 is 29.6 Å². The average molecular weight is 493 g/mol. The highest BCUT2D eigenvalue weighted by atomic mass is 28.3. The van der Waals surface area contributed by atoms with Gasteiger partial charge in [-0.1, -0.05) is 109 Å². The van der Waals surface area contributed by atoms with Crippen molar-refractivity contribution in [1.82, 2.24) is 0 Å². The summed E-state index contributed by atoms with van der Waals surface area (Å²) in [5.41, 5.74) is 10.4. The van der Waals surface area contributed by atoms with Crippen LogP contribution in [-0.2, 0) is 0 Å². The fraction of sp³-hybridized carbons (Fsp3) is 0.118. The first-order chi connectivity index (χ1) is 17.9. The normalized spacial score (nSPS) is 14.4. The molecule has 4 aromatic carbocycles. The van der Waals surface area contributed by atoms with Gasteiger partial charge in [-0.25, -0.2) is 0 Å². The van der Waals surface area contributed by atoms with Gasteiger partial charge in [0.15, 0.2) is 0 Å². The Morgan fingerprint density at radius 3 is 1.32 bits per heavy atom. The van der Waals surface area contributed by atoms with Crippen LogP contribution in [0.25, 0.3) is 21.5 Å². The summed E-state index contributed by atoms with van der Waals surface area (Å²) in [7, 11) is -2.45. The van der Waals surface area contributed by atoms with Crippen LogP contribution in [-0.4, -0.2) is 8.07 Å². The second-order valence-electron chi connectivity index (χ2n) is 10.2. The van der Waals surface area contributed by atoms with E-state index in [0.717, 1.165) is 22.3 Å². The highest BCUT2D eigenvalue weighted by Crippen LogP contribution is 2.56. The molecule has 0 aromatic heterocycles. The van der Waals surface area contributed by atoms with Crippen molar-refractivity contribution in [3.63, 3.8) is 0 Å². The molecule has 5 rings (SSSR count). The number of rotatable bonds is 4. The Labute approximate surface area is 220 Å². The fourth-order valence-corrected chi connectivity index (χ4v) is 9.54. The monoisotopic (exact) mass is 492 g/mol. The van der Waals surface area contributed by atoms with Crippen molar-refractivity contribution in [1.29, 1.82) is 10.5 Å². The minimum absolute atomic E-state index is 0.682. The van der Waals surface area contributed by atoms with Crippen molar-refractivity contribution < 1.29 is 0 Å². The Morgan fingerprint density at radius 2 is 0.946 bits per heavy atom. The van der Waals surface area contributed by atoms with Gasteiger partial charge in [0.25, 0.3) is 0 Å². The second kappa shape index (κ2) is 9.55. The fourth-order valence-electron chi connectivity index (χ4n) is 5.72. The molecular formula is C34H28N2Si. The summed E-state index contributed by atoms with van der Waals surface area (Å²) in [5, 5.41) is 22.7. The lowest BCUT2D eigenvalue weighted by atomic mass is 9.87. The summed E-state index contributed by atoms with van der Waals surface area (Å²) in [6.45, 7) is 8.95. The molecule has 0 amide bonds. The van der Waals surface area contributed by atoms with Gasteiger partial charge in [0.05, 0.1) is 23.3 Å². The molecule has 4 aromatic rings. The van der Waals surface area contributed by atoms with Gasteiger partial charge < -0.3 is 0 Å². The smallest absolute Gasteiger partial charge is 0.115 e. The molecule has 1 aliphatic rings. The van der Waals surface area contributed by atoms with Gasteiger partial charge in [-0.15, -0.1) is 0 Å². The third-order valence-corrected chi connectivity index (χ3v) is 10.8. The number of allylic oxidation sites excluding steroid dienone is 2. The zero-order valence-corrected chi connectivity index (χ0v) is 22.6. The molecule has 0 saturated heterocycles. The molecule has 0 unspecified atom stereocenters. The molecule has 0 spiro atoms. The molecule has 0 atom stereocenters. The van der Waals surface area contributed by atoms with Crippen LogP contribution in [0.1, 0.15) is 44.5 Å². The van der Waals surface area contributed by atoms with E-state index < -0.39 is 8.07 Å². The van der Waals surface area contributed by atoms with E-state index in [1.807, 2.05) is 36.4 Å². The Kier molecular flexibility index (Phi) is 6.26. The Morgan fingerprint density at radius 1 is 0.541 bits per heavy atom. The lowest BCUT2D eigenvalue weighted by Crippen LogP contribution is -2.29. The van der Waals surface area contributed by atoms with Gasteiger partial charge in [0.2, 0.25) is 0 Å². The summed E-state index contributed by atoms with van der Waals surface area (Å²) in [4.78, 5) is 0. The maximum absolute atomic E-state index is 10.1. The van der Waals surface area contributed by atoms with E-state index in [4.69, 9.17) is 0 Å². The molecule has 3 heteroatoms. The van der Waals surface area contributed by atoms with Crippen LogP contribution in [0.5, 0.6) is 0 Å². The zero-order chi connectivity index (χ0) is 26.2. The Balaban J connectivity index is 2.00. The van der Waals surface area contributed by atoms with Crippen molar-refractivity contribution in [3.8, 4) is 12.1 Å². The van der Waals surface area contributed by atoms with Gasteiger partial charge in [0.1, 0.15) is 8.07 Å². The van der Waals surface area contributed by atoms with Gasteiger partial charge in [-0.05, 0) is 69.8 Å². The number of hydrogen-bond donors (Lipinski definition) is 0. The molecule has 0 saturated carbocycles. The quantitative estimate of drug-likeness (QED) is 0.269. The van der Waals surface area contributed by atoms with Crippen molar-refractivity contribution in [2.75, 3.05) is 0 Å². The van der Waals surface area contributed by atoms with Crippen LogP contribution in [0.4, 0.5) is 0 Å². The van der Waals surface area contributed by atoms with E-state index in [0.29, 0.717) is 11.1 Å². The topological polar surface area (TPSA) is 47.6 Å². The lowest BCUT2D eigenvalue weighted by molar-refractivity contribution is 1.43. The third kappa shape index (κ3) is 4.14. The number of benzene rings is 4. The lowest BCUT2D eigenvalue weighted by Gasteiger charge is -2.27. The molecule has 0 radical (unpaired) electrons. The van der Waals surface area contributed by atoms with Crippen molar-refractivity contribution in [3.05, 3.63) is 142 Å². The molecule has 0 N–H and O–H groups in total. The molecule has 1 aliphatic heterocycles. The average Bonchev–Trinajstić information content (AvgIpc) is 3.15. The van der Waals surface area contributed by atoms with Gasteiger partial charge in [-0.2, -0.15) is 10.5 Å². The second-order valence-corrected chi connectivity index (χ2v) is 14.4. The Bertz CT molecular complexity index is 1560. The summed E-state index contributed by atoms with van der Waals surface area (Å²) in [5.74, 6) is 0. The predicted molar refractivity (Wildman–Crippen MR) is 156 cm³/mol. The van der Waals surface area contributed by atoms with E-state index >= 15 is 0 Å². The minimum Gasteiger partial charge on any atom is -0.192 e. The van der Waals surface area contributed by atoms with Crippen LogP contribution in [0, 0.1) is 36.5 Å². The van der Waals surface area contributed by atoms with E-state index in [1.54, 1.807) is 0 Å². The summed E-state index contributed by atoms with van der Waals surface area (Å²) in [6, 6.07) is 38.1. The third-order valence-electron chi connectivity index (χ3n) is 7.25. The molecule has 0 fully saturated rings. The number of nitriles is 2. The predicted octanol–water partition coefficient (Wildman–Crippen LogP) is 8.37. The first-order valence-electron chi connectivity index (χ1n) is 12.5.